The van der Waals surface area contributed by atoms with Crippen molar-refractivity contribution in [2.45, 2.75) is 0 Å². The molecule has 1 aromatic heterocycles. The molecule has 2 rings (SSSR count). The van der Waals surface area contributed by atoms with E-state index in [1.165, 1.54) is 25.4 Å². The molecular formula is C16H17FN2O4. The third-order valence-corrected chi connectivity index (χ3v) is 2.95. The van der Waals surface area contributed by atoms with Gasteiger partial charge in [-0.15, -0.1) is 0 Å². The van der Waals surface area contributed by atoms with E-state index >= 15 is 0 Å². The van der Waals surface area contributed by atoms with Gasteiger partial charge in [0.25, 0.3) is 5.91 Å². The van der Waals surface area contributed by atoms with Crippen molar-refractivity contribution in [3.8, 4) is 11.6 Å². The SMILES string of the molecule is COCCOc1ccc(NC(=O)c2ccc(OC)c(F)c2)cn1. The lowest BCUT2D eigenvalue weighted by atomic mass is 10.2. The van der Waals surface area contributed by atoms with Crippen molar-refractivity contribution in [1.29, 1.82) is 0 Å². The summed E-state index contributed by atoms with van der Waals surface area (Å²) in [5, 5.41) is 2.63. The summed E-state index contributed by atoms with van der Waals surface area (Å²) >= 11 is 0. The third-order valence-electron chi connectivity index (χ3n) is 2.95. The molecule has 0 unspecified atom stereocenters. The van der Waals surface area contributed by atoms with Gasteiger partial charge >= 0.3 is 0 Å². The number of methoxy groups -OCH3 is 2. The second-order valence-electron chi connectivity index (χ2n) is 4.53. The number of carbonyl (C=O) groups excluding carboxylic acids is 1. The van der Waals surface area contributed by atoms with Gasteiger partial charge in [-0.3, -0.25) is 4.79 Å². The van der Waals surface area contributed by atoms with Crippen LogP contribution >= 0.6 is 0 Å². The Bertz CT molecular complexity index is 662. The molecule has 122 valence electrons. The zero-order valence-corrected chi connectivity index (χ0v) is 12.8. The number of carbonyl (C=O) groups is 1. The molecule has 7 heteroatoms. The van der Waals surface area contributed by atoms with Crippen LogP contribution in [0, 0.1) is 5.82 Å². The summed E-state index contributed by atoms with van der Waals surface area (Å²) in [5.41, 5.74) is 0.661. The predicted octanol–water partition coefficient (Wildman–Crippen LogP) is 2.51. The lowest BCUT2D eigenvalue weighted by Crippen LogP contribution is -2.12. The van der Waals surface area contributed by atoms with Gasteiger partial charge in [-0.2, -0.15) is 0 Å². The highest BCUT2D eigenvalue weighted by Crippen LogP contribution is 2.19. The normalized spacial score (nSPS) is 10.2. The van der Waals surface area contributed by atoms with Crippen LogP contribution in [-0.2, 0) is 4.74 Å². The smallest absolute Gasteiger partial charge is 0.255 e. The molecule has 0 atom stereocenters. The topological polar surface area (TPSA) is 69.7 Å². The van der Waals surface area contributed by atoms with Crippen LogP contribution in [0.2, 0.25) is 0 Å². The van der Waals surface area contributed by atoms with E-state index in [-0.39, 0.29) is 11.3 Å². The fourth-order valence-electron chi connectivity index (χ4n) is 1.78. The Kier molecular flexibility index (Phi) is 5.87. The first-order chi connectivity index (χ1) is 11.1. The summed E-state index contributed by atoms with van der Waals surface area (Å²) in [7, 11) is 2.94. The zero-order valence-electron chi connectivity index (χ0n) is 12.8. The minimum Gasteiger partial charge on any atom is -0.494 e. The van der Waals surface area contributed by atoms with E-state index in [9.17, 15) is 9.18 Å². The van der Waals surface area contributed by atoms with Crippen LogP contribution in [-0.4, -0.2) is 38.3 Å². The van der Waals surface area contributed by atoms with Gasteiger partial charge in [0.05, 0.1) is 25.6 Å². The molecule has 0 saturated heterocycles. The molecule has 0 aliphatic carbocycles. The largest absolute Gasteiger partial charge is 0.494 e. The van der Waals surface area contributed by atoms with E-state index in [2.05, 4.69) is 10.3 Å². The third kappa shape index (κ3) is 4.65. The molecular weight excluding hydrogens is 303 g/mol. The Labute approximate surface area is 133 Å². The summed E-state index contributed by atoms with van der Waals surface area (Å²) in [4.78, 5) is 16.1. The Morgan fingerprint density at radius 3 is 2.65 bits per heavy atom. The average Bonchev–Trinajstić information content (AvgIpc) is 2.56. The van der Waals surface area contributed by atoms with E-state index in [1.54, 1.807) is 19.2 Å². The number of nitrogens with one attached hydrogen (secondary N) is 1. The maximum Gasteiger partial charge on any atom is 0.255 e. The fraction of sp³-hybridized carbons (Fsp3) is 0.250. The van der Waals surface area contributed by atoms with Gasteiger partial charge in [-0.05, 0) is 24.3 Å². The summed E-state index contributed by atoms with van der Waals surface area (Å²) in [6, 6.07) is 7.26. The number of anilines is 1. The van der Waals surface area contributed by atoms with E-state index in [1.807, 2.05) is 0 Å². The molecule has 2 aromatic rings. The van der Waals surface area contributed by atoms with Crippen LogP contribution in [0.4, 0.5) is 10.1 Å². The van der Waals surface area contributed by atoms with E-state index in [0.717, 1.165) is 6.07 Å². The van der Waals surface area contributed by atoms with Gasteiger partial charge in [0, 0.05) is 18.7 Å². The van der Waals surface area contributed by atoms with Crippen LogP contribution in [0.1, 0.15) is 10.4 Å². The highest BCUT2D eigenvalue weighted by atomic mass is 19.1. The Balaban J connectivity index is 1.98. The van der Waals surface area contributed by atoms with Gasteiger partial charge in [-0.1, -0.05) is 0 Å². The summed E-state index contributed by atoms with van der Waals surface area (Å²) in [6.45, 7) is 0.851. The van der Waals surface area contributed by atoms with Crippen molar-refractivity contribution in [1.82, 2.24) is 4.98 Å². The quantitative estimate of drug-likeness (QED) is 0.794. The van der Waals surface area contributed by atoms with Crippen molar-refractivity contribution in [3.05, 3.63) is 47.9 Å². The van der Waals surface area contributed by atoms with E-state index in [0.29, 0.717) is 24.8 Å². The number of ether oxygens (including phenoxy) is 3. The Hall–Kier alpha value is -2.67. The molecule has 0 radical (unpaired) electrons. The molecule has 6 nitrogen and oxygen atoms in total. The van der Waals surface area contributed by atoms with Crippen LogP contribution in [0.25, 0.3) is 0 Å². The monoisotopic (exact) mass is 320 g/mol. The number of amides is 1. The number of aromatic nitrogens is 1. The van der Waals surface area contributed by atoms with Crippen molar-refractivity contribution >= 4 is 11.6 Å². The number of pyridine rings is 1. The molecule has 0 aliphatic rings. The second kappa shape index (κ2) is 8.09. The molecule has 23 heavy (non-hydrogen) atoms. The second-order valence-corrected chi connectivity index (χ2v) is 4.53. The number of benzene rings is 1. The van der Waals surface area contributed by atoms with Crippen molar-refractivity contribution in [3.63, 3.8) is 0 Å². The average molecular weight is 320 g/mol. The highest BCUT2D eigenvalue weighted by Gasteiger charge is 2.10. The number of hydrogen-bond donors (Lipinski definition) is 1. The van der Waals surface area contributed by atoms with Gasteiger partial charge in [0.2, 0.25) is 5.88 Å². The molecule has 1 N–H and O–H groups in total. The van der Waals surface area contributed by atoms with Crippen LogP contribution in [0.5, 0.6) is 11.6 Å². The Morgan fingerprint density at radius 1 is 1.22 bits per heavy atom. The lowest BCUT2D eigenvalue weighted by molar-refractivity contribution is 0.102. The molecule has 1 aromatic carbocycles. The van der Waals surface area contributed by atoms with Crippen LogP contribution in [0.15, 0.2) is 36.5 Å². The number of halogens is 1. The van der Waals surface area contributed by atoms with E-state index < -0.39 is 11.7 Å². The molecule has 0 spiro atoms. The van der Waals surface area contributed by atoms with E-state index in [4.69, 9.17) is 14.2 Å². The maximum absolute atomic E-state index is 13.6. The fourth-order valence-corrected chi connectivity index (χ4v) is 1.78. The molecule has 1 heterocycles. The van der Waals surface area contributed by atoms with Gasteiger partial charge in [0.15, 0.2) is 11.6 Å². The van der Waals surface area contributed by atoms with Crippen molar-refractivity contribution in [2.75, 3.05) is 32.8 Å². The summed E-state index contributed by atoms with van der Waals surface area (Å²) < 4.78 is 28.6. The van der Waals surface area contributed by atoms with Gasteiger partial charge < -0.3 is 19.5 Å². The Morgan fingerprint density at radius 2 is 2.04 bits per heavy atom. The van der Waals surface area contributed by atoms with Crippen LogP contribution < -0.4 is 14.8 Å². The maximum atomic E-state index is 13.6. The van der Waals surface area contributed by atoms with Gasteiger partial charge in [0.1, 0.15) is 6.61 Å². The predicted molar refractivity (Wildman–Crippen MR) is 82.5 cm³/mol. The van der Waals surface area contributed by atoms with Crippen molar-refractivity contribution < 1.29 is 23.4 Å². The minimum atomic E-state index is -0.597. The summed E-state index contributed by atoms with van der Waals surface area (Å²) in [6.07, 6.45) is 1.46. The first kappa shape index (κ1) is 16.7. The number of nitrogens with zero attached hydrogens (tertiary/aromatic N) is 1. The van der Waals surface area contributed by atoms with Gasteiger partial charge in [-0.25, -0.2) is 9.37 Å². The molecule has 0 bridgehead atoms. The molecule has 1 amide bonds. The summed E-state index contributed by atoms with van der Waals surface area (Å²) in [5.74, 6) is -0.530. The first-order valence-electron chi connectivity index (χ1n) is 6.86. The minimum absolute atomic E-state index is 0.0841. The highest BCUT2D eigenvalue weighted by molar-refractivity contribution is 6.04. The van der Waals surface area contributed by atoms with Crippen molar-refractivity contribution in [2.24, 2.45) is 0 Å². The number of hydrogen-bond acceptors (Lipinski definition) is 5. The zero-order chi connectivity index (χ0) is 16.7. The molecule has 0 aliphatic heterocycles. The molecule has 0 fully saturated rings. The lowest BCUT2D eigenvalue weighted by Gasteiger charge is -2.08. The molecule has 0 saturated carbocycles. The van der Waals surface area contributed by atoms with Crippen LogP contribution in [0.3, 0.4) is 0 Å². The first-order valence-corrected chi connectivity index (χ1v) is 6.86. The number of rotatable bonds is 7. The standard InChI is InChI=1S/C16H17FN2O4/c1-21-7-8-23-15-6-4-12(10-18-15)19-16(20)11-3-5-14(22-2)13(17)9-11/h3-6,9-10H,7-8H2,1-2H3,(H,19,20).